The zero-order valence-corrected chi connectivity index (χ0v) is 11.3. The van der Waals surface area contributed by atoms with Crippen molar-refractivity contribution in [2.75, 3.05) is 31.1 Å². The molecule has 106 valence electrons. The van der Waals surface area contributed by atoms with Crippen molar-refractivity contribution in [2.24, 2.45) is 5.41 Å². The number of carboxylic acids is 1. The number of para-hydroxylation sites is 1. The molecule has 1 aromatic rings. The summed E-state index contributed by atoms with van der Waals surface area (Å²) < 4.78 is 0. The third-order valence-corrected chi connectivity index (χ3v) is 4.26. The molecule has 0 saturated carbocycles. The molecule has 2 heterocycles. The lowest BCUT2D eigenvalue weighted by molar-refractivity contribution is -0.138. The Labute approximate surface area is 117 Å². The van der Waals surface area contributed by atoms with Crippen LogP contribution in [0.3, 0.4) is 0 Å². The maximum atomic E-state index is 12.3. The number of anilines is 1. The van der Waals surface area contributed by atoms with Gasteiger partial charge in [-0.15, -0.1) is 0 Å². The second-order valence-electron chi connectivity index (χ2n) is 5.85. The van der Waals surface area contributed by atoms with Gasteiger partial charge in [0.25, 0.3) is 0 Å². The average molecular weight is 274 g/mol. The molecule has 0 radical (unpaired) electrons. The lowest BCUT2D eigenvalue weighted by atomic mass is 9.86. The summed E-state index contributed by atoms with van der Waals surface area (Å²) in [6, 6.07) is 9.68. The van der Waals surface area contributed by atoms with Gasteiger partial charge in [-0.2, -0.15) is 0 Å². The van der Waals surface area contributed by atoms with Crippen molar-refractivity contribution < 1.29 is 14.7 Å². The summed E-state index contributed by atoms with van der Waals surface area (Å²) in [5, 5.41) is 8.87. The van der Waals surface area contributed by atoms with Gasteiger partial charge in [0.05, 0.1) is 6.54 Å². The first-order valence-electron chi connectivity index (χ1n) is 6.88. The molecule has 0 bridgehead atoms. The van der Waals surface area contributed by atoms with Crippen molar-refractivity contribution >= 4 is 17.6 Å². The second-order valence-corrected chi connectivity index (χ2v) is 5.85. The molecule has 2 aliphatic heterocycles. The number of benzene rings is 1. The number of carbonyl (C=O) groups is 2. The van der Waals surface area contributed by atoms with E-state index >= 15 is 0 Å². The molecule has 0 unspecified atom stereocenters. The van der Waals surface area contributed by atoms with E-state index in [9.17, 15) is 9.59 Å². The van der Waals surface area contributed by atoms with Crippen LogP contribution in [-0.2, 0) is 9.59 Å². The van der Waals surface area contributed by atoms with Gasteiger partial charge >= 0.3 is 5.97 Å². The highest BCUT2D eigenvalue weighted by molar-refractivity contribution is 5.96. The van der Waals surface area contributed by atoms with Crippen molar-refractivity contribution in [3.05, 3.63) is 30.3 Å². The highest BCUT2D eigenvalue weighted by Crippen LogP contribution is 2.41. The molecular formula is C15H18N2O3. The Bertz CT molecular complexity index is 531. The van der Waals surface area contributed by atoms with Crippen molar-refractivity contribution in [3.8, 4) is 0 Å². The number of carbonyl (C=O) groups excluding carboxylic acids is 1. The summed E-state index contributed by atoms with van der Waals surface area (Å²) >= 11 is 0. The maximum absolute atomic E-state index is 12.3. The van der Waals surface area contributed by atoms with Crippen molar-refractivity contribution in [1.29, 1.82) is 0 Å². The smallest absolute Gasteiger partial charge is 0.317 e. The SMILES string of the molecule is O=C(O)CN1CC[C@]2(CC(=O)N(c3ccccc3)C2)C1. The van der Waals surface area contributed by atoms with E-state index in [-0.39, 0.29) is 17.9 Å². The molecule has 5 heteroatoms. The summed E-state index contributed by atoms with van der Waals surface area (Å²) in [6.07, 6.45) is 1.42. The van der Waals surface area contributed by atoms with E-state index in [2.05, 4.69) is 0 Å². The van der Waals surface area contributed by atoms with Gasteiger partial charge in [0, 0.05) is 30.6 Å². The minimum Gasteiger partial charge on any atom is -0.480 e. The summed E-state index contributed by atoms with van der Waals surface area (Å²) in [5.74, 6) is -0.653. The molecule has 1 atom stereocenters. The predicted octanol–water partition coefficient (Wildman–Crippen LogP) is 1.20. The number of hydrogen-bond acceptors (Lipinski definition) is 3. The van der Waals surface area contributed by atoms with Crippen LogP contribution in [0.15, 0.2) is 30.3 Å². The molecule has 2 aliphatic rings. The quantitative estimate of drug-likeness (QED) is 0.899. The minimum absolute atomic E-state index is 0.0671. The fourth-order valence-electron chi connectivity index (χ4n) is 3.37. The van der Waals surface area contributed by atoms with E-state index in [4.69, 9.17) is 5.11 Å². The predicted molar refractivity (Wildman–Crippen MR) is 74.5 cm³/mol. The fourth-order valence-corrected chi connectivity index (χ4v) is 3.37. The van der Waals surface area contributed by atoms with Crippen LogP contribution in [0.1, 0.15) is 12.8 Å². The largest absolute Gasteiger partial charge is 0.480 e. The Morgan fingerprint density at radius 2 is 2.00 bits per heavy atom. The van der Waals surface area contributed by atoms with E-state index in [1.54, 1.807) is 0 Å². The standard InChI is InChI=1S/C15H18N2O3/c18-13-8-15(6-7-16(10-15)9-14(19)20)11-17(13)12-4-2-1-3-5-12/h1-5H,6-11H2,(H,19,20)/t15-/m0/s1. The molecule has 3 rings (SSSR count). The van der Waals surface area contributed by atoms with E-state index in [0.29, 0.717) is 19.5 Å². The summed E-state index contributed by atoms with van der Waals surface area (Å²) in [7, 11) is 0. The molecule has 1 aromatic carbocycles. The number of hydrogen-bond donors (Lipinski definition) is 1. The monoisotopic (exact) mass is 274 g/mol. The highest BCUT2D eigenvalue weighted by atomic mass is 16.4. The number of carboxylic acid groups (broad SMARTS) is 1. The van der Waals surface area contributed by atoms with Crippen LogP contribution in [-0.4, -0.2) is 48.1 Å². The van der Waals surface area contributed by atoms with Crippen LogP contribution in [0.2, 0.25) is 0 Å². The molecule has 1 amide bonds. The zero-order valence-electron chi connectivity index (χ0n) is 11.3. The first-order valence-corrected chi connectivity index (χ1v) is 6.88. The molecule has 5 nitrogen and oxygen atoms in total. The summed E-state index contributed by atoms with van der Waals surface area (Å²) in [5.41, 5.74) is 0.869. The van der Waals surface area contributed by atoms with Gasteiger partial charge < -0.3 is 10.0 Å². The zero-order chi connectivity index (χ0) is 14.2. The first kappa shape index (κ1) is 13.1. The van der Waals surface area contributed by atoms with Crippen LogP contribution in [0.5, 0.6) is 0 Å². The lowest BCUT2D eigenvalue weighted by Gasteiger charge is -2.23. The van der Waals surface area contributed by atoms with Crippen LogP contribution in [0.25, 0.3) is 0 Å². The first-order chi connectivity index (χ1) is 9.58. The Kier molecular flexibility index (Phi) is 3.22. The number of rotatable bonds is 3. The minimum atomic E-state index is -0.800. The summed E-state index contributed by atoms with van der Waals surface area (Å²) in [6.45, 7) is 2.24. The third-order valence-electron chi connectivity index (χ3n) is 4.26. The highest BCUT2D eigenvalue weighted by Gasteiger charge is 2.47. The van der Waals surface area contributed by atoms with Crippen LogP contribution in [0.4, 0.5) is 5.69 Å². The Balaban J connectivity index is 1.73. The van der Waals surface area contributed by atoms with Crippen molar-refractivity contribution in [1.82, 2.24) is 4.90 Å². The van der Waals surface area contributed by atoms with Crippen LogP contribution >= 0.6 is 0 Å². The molecule has 0 aromatic heterocycles. The molecule has 1 N–H and O–H groups in total. The van der Waals surface area contributed by atoms with Gasteiger partial charge in [0.15, 0.2) is 0 Å². The van der Waals surface area contributed by atoms with Crippen LogP contribution in [0, 0.1) is 5.41 Å². The third kappa shape index (κ3) is 2.41. The van der Waals surface area contributed by atoms with Crippen LogP contribution < -0.4 is 4.90 Å². The number of nitrogens with zero attached hydrogens (tertiary/aromatic N) is 2. The van der Waals surface area contributed by atoms with Crippen molar-refractivity contribution in [3.63, 3.8) is 0 Å². The van der Waals surface area contributed by atoms with Gasteiger partial charge in [-0.3, -0.25) is 14.5 Å². The van der Waals surface area contributed by atoms with Gasteiger partial charge in [-0.25, -0.2) is 0 Å². The normalized spacial score (nSPS) is 26.6. The number of likely N-dealkylation sites (tertiary alicyclic amines) is 1. The molecule has 2 fully saturated rings. The topological polar surface area (TPSA) is 60.9 Å². The maximum Gasteiger partial charge on any atom is 0.317 e. The molecule has 1 spiro atoms. The van der Waals surface area contributed by atoms with Gasteiger partial charge in [0.1, 0.15) is 0 Å². The summed E-state index contributed by atoms with van der Waals surface area (Å²) in [4.78, 5) is 26.8. The van der Waals surface area contributed by atoms with Crippen molar-refractivity contribution in [2.45, 2.75) is 12.8 Å². The molecule has 20 heavy (non-hydrogen) atoms. The number of amides is 1. The van der Waals surface area contributed by atoms with E-state index < -0.39 is 5.97 Å². The van der Waals surface area contributed by atoms with Gasteiger partial charge in [-0.05, 0) is 25.1 Å². The van der Waals surface area contributed by atoms with E-state index in [0.717, 1.165) is 18.7 Å². The molecular weight excluding hydrogens is 256 g/mol. The Hall–Kier alpha value is -1.88. The van der Waals surface area contributed by atoms with Gasteiger partial charge in [0.2, 0.25) is 5.91 Å². The van der Waals surface area contributed by atoms with Gasteiger partial charge in [-0.1, -0.05) is 18.2 Å². The fraction of sp³-hybridized carbons (Fsp3) is 0.467. The van der Waals surface area contributed by atoms with E-state index in [1.807, 2.05) is 40.1 Å². The number of aliphatic carboxylic acids is 1. The Morgan fingerprint density at radius 1 is 1.25 bits per heavy atom. The average Bonchev–Trinajstić information content (AvgIpc) is 2.94. The molecule has 0 aliphatic carbocycles. The Morgan fingerprint density at radius 3 is 2.70 bits per heavy atom. The van der Waals surface area contributed by atoms with E-state index in [1.165, 1.54) is 0 Å². The lowest BCUT2D eigenvalue weighted by Crippen LogP contribution is -2.33. The second kappa shape index (κ2) is 4.90. The molecule has 2 saturated heterocycles.